The molecule has 0 radical (unpaired) electrons. The summed E-state index contributed by atoms with van der Waals surface area (Å²) in [7, 11) is 0. The summed E-state index contributed by atoms with van der Waals surface area (Å²) >= 11 is 1.51. The highest BCUT2D eigenvalue weighted by atomic mass is 32.1. The van der Waals surface area contributed by atoms with E-state index in [2.05, 4.69) is 30.6 Å². The molecule has 0 unspecified atom stereocenters. The highest BCUT2D eigenvalue weighted by molar-refractivity contribution is 7.09. The topological polar surface area (TPSA) is 95.6 Å². The number of aromatic nitrogens is 4. The van der Waals surface area contributed by atoms with Crippen LogP contribution in [0.2, 0.25) is 0 Å². The van der Waals surface area contributed by atoms with Crippen LogP contribution in [0.3, 0.4) is 0 Å². The van der Waals surface area contributed by atoms with Crippen LogP contribution in [0.5, 0.6) is 0 Å². The number of hydrogen-bond donors (Lipinski definition) is 3. The Morgan fingerprint density at radius 2 is 1.93 bits per heavy atom. The fourth-order valence-corrected chi connectivity index (χ4v) is 3.74. The molecule has 0 aliphatic carbocycles. The standard InChI is InChI=1S/C21H22N6OS/c28-21(24-12-8-15-5-3-4-10-23-15)18-14-29-20(27-18)9-11-22-13-19-25-16-6-1-2-7-17(16)26-19/h1-7,10,14,22H,8-9,11-13H2,(H,24,28)(H,25,26). The van der Waals surface area contributed by atoms with E-state index >= 15 is 0 Å². The third-order valence-electron chi connectivity index (χ3n) is 4.42. The molecule has 0 saturated heterocycles. The van der Waals surface area contributed by atoms with Crippen molar-refractivity contribution in [2.75, 3.05) is 13.1 Å². The molecule has 3 heterocycles. The van der Waals surface area contributed by atoms with E-state index < -0.39 is 0 Å². The molecule has 0 atom stereocenters. The average molecular weight is 407 g/mol. The lowest BCUT2D eigenvalue weighted by molar-refractivity contribution is 0.0949. The van der Waals surface area contributed by atoms with Gasteiger partial charge in [0.1, 0.15) is 11.5 Å². The van der Waals surface area contributed by atoms with Crippen LogP contribution < -0.4 is 10.6 Å². The van der Waals surface area contributed by atoms with Gasteiger partial charge in [0.2, 0.25) is 0 Å². The first-order valence-corrected chi connectivity index (χ1v) is 10.4. The smallest absolute Gasteiger partial charge is 0.270 e. The van der Waals surface area contributed by atoms with Gasteiger partial charge >= 0.3 is 0 Å². The van der Waals surface area contributed by atoms with Crippen molar-refractivity contribution in [2.45, 2.75) is 19.4 Å². The van der Waals surface area contributed by atoms with Crippen LogP contribution in [-0.2, 0) is 19.4 Å². The molecule has 3 aromatic heterocycles. The van der Waals surface area contributed by atoms with Crippen LogP contribution in [0.15, 0.2) is 54.0 Å². The van der Waals surface area contributed by atoms with Crippen LogP contribution in [-0.4, -0.2) is 38.9 Å². The second kappa shape index (κ2) is 9.40. The average Bonchev–Trinajstić information content (AvgIpc) is 3.38. The van der Waals surface area contributed by atoms with Gasteiger partial charge in [0, 0.05) is 43.2 Å². The molecule has 0 saturated carbocycles. The molecule has 29 heavy (non-hydrogen) atoms. The van der Waals surface area contributed by atoms with Gasteiger partial charge in [-0.25, -0.2) is 9.97 Å². The van der Waals surface area contributed by atoms with Crippen LogP contribution in [0.25, 0.3) is 11.0 Å². The summed E-state index contributed by atoms with van der Waals surface area (Å²) in [6.07, 6.45) is 3.23. The van der Waals surface area contributed by atoms with Crippen LogP contribution in [0.4, 0.5) is 0 Å². The fraction of sp³-hybridized carbons (Fsp3) is 0.238. The monoisotopic (exact) mass is 406 g/mol. The van der Waals surface area contributed by atoms with Crippen molar-refractivity contribution in [3.8, 4) is 0 Å². The van der Waals surface area contributed by atoms with E-state index in [0.717, 1.165) is 40.5 Å². The van der Waals surface area contributed by atoms with Gasteiger partial charge in [0.25, 0.3) is 5.91 Å². The summed E-state index contributed by atoms with van der Waals surface area (Å²) < 4.78 is 0. The highest BCUT2D eigenvalue weighted by Gasteiger charge is 2.10. The molecule has 0 fully saturated rings. The van der Waals surface area contributed by atoms with Crippen LogP contribution in [0, 0.1) is 0 Å². The van der Waals surface area contributed by atoms with Gasteiger partial charge in [-0.05, 0) is 24.3 Å². The normalized spacial score (nSPS) is 11.0. The van der Waals surface area contributed by atoms with E-state index in [1.807, 2.05) is 47.8 Å². The van der Waals surface area contributed by atoms with Crippen molar-refractivity contribution in [2.24, 2.45) is 0 Å². The summed E-state index contributed by atoms with van der Waals surface area (Å²) in [5.74, 6) is 0.775. The largest absolute Gasteiger partial charge is 0.350 e. The number of carbonyl (C=O) groups is 1. The number of pyridine rings is 1. The van der Waals surface area contributed by atoms with Crippen molar-refractivity contribution >= 4 is 28.3 Å². The number of aromatic amines is 1. The molecule has 0 aliphatic heterocycles. The SMILES string of the molecule is O=C(NCCc1ccccn1)c1csc(CCNCc2nc3ccccc3[nH]2)n1. The van der Waals surface area contributed by atoms with Gasteiger partial charge in [0.05, 0.1) is 22.6 Å². The lowest BCUT2D eigenvalue weighted by Gasteiger charge is -2.03. The summed E-state index contributed by atoms with van der Waals surface area (Å²) in [4.78, 5) is 28.8. The number of para-hydroxylation sites is 2. The van der Waals surface area contributed by atoms with E-state index in [1.54, 1.807) is 6.20 Å². The highest BCUT2D eigenvalue weighted by Crippen LogP contribution is 2.11. The Hall–Kier alpha value is -3.10. The molecule has 148 valence electrons. The van der Waals surface area contributed by atoms with Crippen molar-refractivity contribution in [1.82, 2.24) is 30.6 Å². The molecule has 3 N–H and O–H groups in total. The number of H-pyrrole nitrogens is 1. The first-order chi connectivity index (χ1) is 14.3. The summed E-state index contributed by atoms with van der Waals surface area (Å²) in [5.41, 5.74) is 3.46. The summed E-state index contributed by atoms with van der Waals surface area (Å²) in [5, 5.41) is 9.02. The van der Waals surface area contributed by atoms with Crippen LogP contribution in [0.1, 0.15) is 27.0 Å². The minimum atomic E-state index is -0.140. The van der Waals surface area contributed by atoms with Crippen molar-refractivity contribution < 1.29 is 4.79 Å². The Labute approximate surface area is 172 Å². The van der Waals surface area contributed by atoms with E-state index in [-0.39, 0.29) is 5.91 Å². The number of fused-ring (bicyclic) bond motifs is 1. The quantitative estimate of drug-likeness (QED) is 0.372. The number of hydrogen-bond acceptors (Lipinski definition) is 6. The lowest BCUT2D eigenvalue weighted by Crippen LogP contribution is -2.26. The van der Waals surface area contributed by atoms with E-state index in [4.69, 9.17) is 0 Å². The number of imidazole rings is 1. The summed E-state index contributed by atoms with van der Waals surface area (Å²) in [6, 6.07) is 13.8. The number of thiazole rings is 1. The molecule has 4 rings (SSSR count). The maximum absolute atomic E-state index is 12.2. The predicted molar refractivity (Wildman–Crippen MR) is 114 cm³/mol. The molecule has 8 heteroatoms. The number of benzene rings is 1. The lowest BCUT2D eigenvalue weighted by atomic mass is 10.2. The van der Waals surface area contributed by atoms with Crippen molar-refractivity contribution in [1.29, 1.82) is 0 Å². The molecular weight excluding hydrogens is 384 g/mol. The molecule has 0 bridgehead atoms. The van der Waals surface area contributed by atoms with Gasteiger partial charge in [-0.3, -0.25) is 9.78 Å². The first kappa shape index (κ1) is 19.2. The zero-order chi connectivity index (χ0) is 19.9. The maximum atomic E-state index is 12.2. The van der Waals surface area contributed by atoms with E-state index in [1.165, 1.54) is 11.3 Å². The second-order valence-electron chi connectivity index (χ2n) is 6.58. The van der Waals surface area contributed by atoms with E-state index in [9.17, 15) is 4.79 Å². The minimum absolute atomic E-state index is 0.140. The zero-order valence-electron chi connectivity index (χ0n) is 15.9. The van der Waals surface area contributed by atoms with Gasteiger partial charge in [0.15, 0.2) is 0 Å². The number of carbonyl (C=O) groups excluding carboxylic acids is 1. The van der Waals surface area contributed by atoms with E-state index in [0.29, 0.717) is 25.2 Å². The minimum Gasteiger partial charge on any atom is -0.350 e. The number of nitrogens with zero attached hydrogens (tertiary/aromatic N) is 3. The number of rotatable bonds is 9. The number of nitrogens with one attached hydrogen (secondary N) is 3. The van der Waals surface area contributed by atoms with Gasteiger partial charge < -0.3 is 15.6 Å². The van der Waals surface area contributed by atoms with Gasteiger partial charge in [-0.2, -0.15) is 0 Å². The third-order valence-corrected chi connectivity index (χ3v) is 5.33. The number of amides is 1. The Morgan fingerprint density at radius 3 is 2.79 bits per heavy atom. The van der Waals surface area contributed by atoms with Crippen molar-refractivity contribution in [3.05, 3.63) is 76.3 Å². The molecule has 1 amide bonds. The predicted octanol–water partition coefficient (Wildman–Crippen LogP) is 2.72. The molecule has 1 aromatic carbocycles. The van der Waals surface area contributed by atoms with Gasteiger partial charge in [-0.1, -0.05) is 18.2 Å². The van der Waals surface area contributed by atoms with Crippen molar-refractivity contribution in [3.63, 3.8) is 0 Å². The van der Waals surface area contributed by atoms with Gasteiger partial charge in [-0.15, -0.1) is 11.3 Å². The second-order valence-corrected chi connectivity index (χ2v) is 7.52. The molecule has 7 nitrogen and oxygen atoms in total. The molecule has 0 spiro atoms. The maximum Gasteiger partial charge on any atom is 0.270 e. The molecule has 4 aromatic rings. The first-order valence-electron chi connectivity index (χ1n) is 9.55. The fourth-order valence-electron chi connectivity index (χ4n) is 2.96. The third kappa shape index (κ3) is 5.24. The van der Waals surface area contributed by atoms with Crippen LogP contribution >= 0.6 is 11.3 Å². The molecule has 0 aliphatic rings. The Morgan fingerprint density at radius 1 is 1.03 bits per heavy atom. The Bertz CT molecular complexity index is 1040. The summed E-state index contributed by atoms with van der Waals surface area (Å²) in [6.45, 7) is 1.98. The Kier molecular flexibility index (Phi) is 6.23. The zero-order valence-corrected chi connectivity index (χ0v) is 16.7. The Balaban J connectivity index is 1.19. The molecular formula is C21H22N6OS.